The largest absolute Gasteiger partial charge is 0.486 e. The first-order valence-electron chi connectivity index (χ1n) is 4.19. The van der Waals surface area contributed by atoms with E-state index >= 15 is 0 Å². The molecule has 1 heterocycles. The average molecular weight is 166 g/mol. The van der Waals surface area contributed by atoms with Crippen LogP contribution in [0, 0.1) is 0 Å². The van der Waals surface area contributed by atoms with Crippen LogP contribution in [0.3, 0.4) is 0 Å². The zero-order valence-electron chi connectivity index (χ0n) is 7.91. The summed E-state index contributed by atoms with van der Waals surface area (Å²) < 4.78 is 11.1. The molecule has 1 atom stereocenters. The van der Waals surface area contributed by atoms with Gasteiger partial charge in [0.05, 0.1) is 11.7 Å². The van der Waals surface area contributed by atoms with E-state index in [4.69, 9.17) is 9.31 Å². The number of hydrogen-bond donors (Lipinski definition) is 0. The van der Waals surface area contributed by atoms with Gasteiger partial charge in [-0.15, -0.1) is 0 Å². The molecular formula is C9H15BO2. The van der Waals surface area contributed by atoms with Crippen LogP contribution in [0.5, 0.6) is 0 Å². The smallest absolute Gasteiger partial charge is 0.402 e. The van der Waals surface area contributed by atoms with Crippen molar-refractivity contribution < 1.29 is 9.31 Å². The van der Waals surface area contributed by atoms with Crippen molar-refractivity contribution in [3.63, 3.8) is 0 Å². The van der Waals surface area contributed by atoms with Gasteiger partial charge in [0.2, 0.25) is 0 Å². The second-order valence-electron chi connectivity index (χ2n) is 3.49. The molecule has 0 N–H and O–H groups in total. The second-order valence-corrected chi connectivity index (χ2v) is 3.49. The molecule has 3 heteroatoms. The van der Waals surface area contributed by atoms with E-state index in [1.54, 1.807) is 6.08 Å². The molecule has 0 radical (unpaired) electrons. The van der Waals surface area contributed by atoms with E-state index in [1.807, 2.05) is 32.8 Å². The van der Waals surface area contributed by atoms with Crippen molar-refractivity contribution in [3.05, 3.63) is 24.7 Å². The predicted molar refractivity (Wildman–Crippen MR) is 50.8 cm³/mol. The summed E-state index contributed by atoms with van der Waals surface area (Å²) in [5.74, 6) is 1.86. The number of rotatable bonds is 2. The standard InChI is InChI=1S/C9H15BO2/c1-5-6-7-10-11-8(2)9(3,4)12-10/h5-8H,1H2,2-4H3/b7-6+. The van der Waals surface area contributed by atoms with Gasteiger partial charge in [0.1, 0.15) is 0 Å². The fourth-order valence-electron chi connectivity index (χ4n) is 1.04. The van der Waals surface area contributed by atoms with Crippen molar-refractivity contribution in [3.8, 4) is 0 Å². The lowest BCUT2D eigenvalue weighted by molar-refractivity contribution is 0.0842. The molecule has 2 nitrogen and oxygen atoms in total. The summed E-state index contributed by atoms with van der Waals surface area (Å²) in [6.45, 7) is 9.65. The lowest BCUT2D eigenvalue weighted by atomic mass is 9.90. The fourth-order valence-corrected chi connectivity index (χ4v) is 1.04. The molecule has 0 aromatic heterocycles. The zero-order chi connectivity index (χ0) is 9.19. The quantitative estimate of drug-likeness (QED) is 0.461. The van der Waals surface area contributed by atoms with Crippen molar-refractivity contribution in [1.29, 1.82) is 0 Å². The summed E-state index contributed by atoms with van der Waals surface area (Å²) in [7, 11) is -0.215. The highest BCUT2D eigenvalue weighted by atomic mass is 16.7. The van der Waals surface area contributed by atoms with Crippen molar-refractivity contribution in [1.82, 2.24) is 0 Å². The van der Waals surface area contributed by atoms with Gasteiger partial charge in [0.25, 0.3) is 0 Å². The molecular weight excluding hydrogens is 151 g/mol. The van der Waals surface area contributed by atoms with E-state index in [0.29, 0.717) is 0 Å². The van der Waals surface area contributed by atoms with E-state index in [1.165, 1.54) is 0 Å². The number of hydrogen-bond acceptors (Lipinski definition) is 2. The predicted octanol–water partition coefficient (Wildman–Crippen LogP) is 1.97. The fraction of sp³-hybridized carbons (Fsp3) is 0.556. The van der Waals surface area contributed by atoms with Crippen LogP contribution in [0.1, 0.15) is 20.8 Å². The number of allylic oxidation sites excluding steroid dienone is 2. The maximum Gasteiger partial charge on any atom is 0.486 e. The minimum absolute atomic E-state index is 0.136. The Balaban J connectivity index is 2.54. The summed E-state index contributed by atoms with van der Waals surface area (Å²) in [6, 6.07) is 0. The van der Waals surface area contributed by atoms with Crippen molar-refractivity contribution in [2.45, 2.75) is 32.5 Å². The third kappa shape index (κ3) is 1.99. The molecule has 1 saturated heterocycles. The molecule has 1 rings (SSSR count). The second kappa shape index (κ2) is 3.46. The Kier molecular flexibility index (Phi) is 2.75. The first kappa shape index (κ1) is 9.55. The minimum atomic E-state index is -0.215. The zero-order valence-corrected chi connectivity index (χ0v) is 7.91. The van der Waals surface area contributed by atoms with Gasteiger partial charge in [-0.1, -0.05) is 24.7 Å². The van der Waals surface area contributed by atoms with E-state index < -0.39 is 0 Å². The van der Waals surface area contributed by atoms with Gasteiger partial charge in [-0.2, -0.15) is 0 Å². The van der Waals surface area contributed by atoms with E-state index in [-0.39, 0.29) is 18.8 Å². The molecule has 0 aliphatic carbocycles. The Hall–Kier alpha value is -0.535. The van der Waals surface area contributed by atoms with Crippen LogP contribution in [0.15, 0.2) is 24.7 Å². The molecule has 1 fully saturated rings. The maximum atomic E-state index is 5.61. The first-order valence-corrected chi connectivity index (χ1v) is 4.19. The Labute approximate surface area is 74.4 Å². The SMILES string of the molecule is C=C/C=C/B1OC(C)C(C)(C)O1. The van der Waals surface area contributed by atoms with Gasteiger partial charge in [-0.25, -0.2) is 0 Å². The van der Waals surface area contributed by atoms with E-state index in [9.17, 15) is 0 Å². The van der Waals surface area contributed by atoms with Crippen LogP contribution in [0.4, 0.5) is 0 Å². The van der Waals surface area contributed by atoms with Crippen LogP contribution in [0.2, 0.25) is 0 Å². The highest BCUT2D eigenvalue weighted by Gasteiger charge is 2.41. The Morgan fingerprint density at radius 1 is 1.50 bits per heavy atom. The van der Waals surface area contributed by atoms with Gasteiger partial charge in [0.15, 0.2) is 0 Å². The summed E-state index contributed by atoms with van der Waals surface area (Å²) in [5.41, 5.74) is -0.184. The molecule has 0 saturated carbocycles. The molecule has 1 aliphatic heterocycles. The van der Waals surface area contributed by atoms with Crippen molar-refractivity contribution >= 4 is 7.12 Å². The molecule has 12 heavy (non-hydrogen) atoms. The van der Waals surface area contributed by atoms with Crippen LogP contribution < -0.4 is 0 Å². The van der Waals surface area contributed by atoms with Crippen LogP contribution in [0.25, 0.3) is 0 Å². The van der Waals surface area contributed by atoms with Crippen LogP contribution in [-0.4, -0.2) is 18.8 Å². The van der Waals surface area contributed by atoms with E-state index in [0.717, 1.165) is 0 Å². The van der Waals surface area contributed by atoms with Crippen LogP contribution in [-0.2, 0) is 9.31 Å². The summed E-state index contributed by atoms with van der Waals surface area (Å²) in [4.78, 5) is 0. The molecule has 0 amide bonds. The Morgan fingerprint density at radius 3 is 2.58 bits per heavy atom. The highest BCUT2D eigenvalue weighted by Crippen LogP contribution is 2.27. The Morgan fingerprint density at radius 2 is 2.17 bits per heavy atom. The van der Waals surface area contributed by atoms with Gasteiger partial charge in [-0.05, 0) is 20.8 Å². The van der Waals surface area contributed by atoms with Gasteiger partial charge in [-0.3, -0.25) is 0 Å². The molecule has 0 spiro atoms. The van der Waals surface area contributed by atoms with E-state index in [2.05, 4.69) is 6.58 Å². The summed E-state index contributed by atoms with van der Waals surface area (Å²) >= 11 is 0. The van der Waals surface area contributed by atoms with Gasteiger partial charge in [0, 0.05) is 0 Å². The Bertz CT molecular complexity index is 199. The molecule has 66 valence electrons. The summed E-state index contributed by atoms with van der Waals surface area (Å²) in [6.07, 6.45) is 3.68. The van der Waals surface area contributed by atoms with Gasteiger partial charge < -0.3 is 9.31 Å². The lowest BCUT2D eigenvalue weighted by Gasteiger charge is -2.21. The summed E-state index contributed by atoms with van der Waals surface area (Å²) in [5, 5.41) is 0. The van der Waals surface area contributed by atoms with Crippen molar-refractivity contribution in [2.75, 3.05) is 0 Å². The normalized spacial score (nSPS) is 28.2. The molecule has 0 aromatic carbocycles. The van der Waals surface area contributed by atoms with Crippen molar-refractivity contribution in [2.24, 2.45) is 0 Å². The molecule has 0 bridgehead atoms. The first-order chi connectivity index (χ1) is 5.56. The topological polar surface area (TPSA) is 18.5 Å². The minimum Gasteiger partial charge on any atom is -0.402 e. The highest BCUT2D eigenvalue weighted by molar-refractivity contribution is 6.51. The van der Waals surface area contributed by atoms with Gasteiger partial charge >= 0.3 is 7.12 Å². The molecule has 1 unspecified atom stereocenters. The average Bonchev–Trinajstić information content (AvgIpc) is 2.22. The molecule has 0 aromatic rings. The third-order valence-corrected chi connectivity index (χ3v) is 2.14. The van der Waals surface area contributed by atoms with Crippen LogP contribution >= 0.6 is 0 Å². The molecule has 1 aliphatic rings. The maximum absolute atomic E-state index is 5.61. The third-order valence-electron chi connectivity index (χ3n) is 2.14. The monoisotopic (exact) mass is 166 g/mol. The lowest BCUT2D eigenvalue weighted by Crippen LogP contribution is -2.30.